The van der Waals surface area contributed by atoms with Crippen LogP contribution in [0.2, 0.25) is 0 Å². The largest absolute Gasteiger partial charge is 0.493 e. The van der Waals surface area contributed by atoms with Crippen LogP contribution in [0.4, 0.5) is 25.0 Å². The van der Waals surface area contributed by atoms with Crippen LogP contribution < -0.4 is 24.6 Å². The maximum atomic E-state index is 15.4. The highest BCUT2D eigenvalue weighted by Crippen LogP contribution is 2.41. The van der Waals surface area contributed by atoms with Crippen LogP contribution in [0.25, 0.3) is 0 Å². The lowest BCUT2D eigenvalue weighted by molar-refractivity contribution is -0.116. The van der Waals surface area contributed by atoms with Gasteiger partial charge in [-0.15, -0.1) is 0 Å². The third-order valence-corrected chi connectivity index (χ3v) is 7.83. The summed E-state index contributed by atoms with van der Waals surface area (Å²) in [5, 5.41) is 2.68. The number of hydrogen-bond donors (Lipinski definition) is 1. The van der Waals surface area contributed by atoms with E-state index in [0.717, 1.165) is 41.4 Å². The number of pyridine rings is 1. The number of urea groups is 1. The Morgan fingerprint density at radius 1 is 1.21 bits per heavy atom. The Hall–Kier alpha value is -3.00. The molecular formula is C26H30F2IN5O4. The maximum absolute atomic E-state index is 15.4. The highest BCUT2D eigenvalue weighted by atomic mass is 127. The van der Waals surface area contributed by atoms with Crippen molar-refractivity contribution in [3.63, 3.8) is 0 Å². The summed E-state index contributed by atoms with van der Waals surface area (Å²) in [4.78, 5) is 35.0. The third-order valence-electron chi connectivity index (χ3n) is 6.87. The molecule has 1 N–H and O–H groups in total. The summed E-state index contributed by atoms with van der Waals surface area (Å²) in [5.41, 5.74) is 1.24. The van der Waals surface area contributed by atoms with Gasteiger partial charge in [0.05, 0.1) is 43.2 Å². The number of anilines is 2. The van der Waals surface area contributed by atoms with Crippen LogP contribution in [0.15, 0.2) is 31.0 Å². The van der Waals surface area contributed by atoms with E-state index in [-0.39, 0.29) is 36.4 Å². The first-order valence-corrected chi connectivity index (χ1v) is 13.7. The zero-order valence-electron chi connectivity index (χ0n) is 21.3. The first-order chi connectivity index (χ1) is 18.3. The zero-order chi connectivity index (χ0) is 27.4. The van der Waals surface area contributed by atoms with E-state index in [1.807, 2.05) is 0 Å². The van der Waals surface area contributed by atoms with E-state index in [0.29, 0.717) is 23.5 Å². The average molecular weight is 641 g/mol. The lowest BCUT2D eigenvalue weighted by atomic mass is 9.95. The number of methoxy groups -OCH3 is 2. The zero-order valence-corrected chi connectivity index (χ0v) is 23.5. The van der Waals surface area contributed by atoms with Crippen LogP contribution in [0, 0.1) is 17.6 Å². The summed E-state index contributed by atoms with van der Waals surface area (Å²) in [6.07, 6.45) is 4.53. The van der Waals surface area contributed by atoms with Gasteiger partial charge in [0.25, 0.3) is 0 Å². The Bertz CT molecular complexity index is 1190. The highest BCUT2D eigenvalue weighted by molar-refractivity contribution is 14.1. The Kier molecular flexibility index (Phi) is 9.03. The molecule has 9 nitrogen and oxygen atoms in total. The number of ether oxygens (including phenoxy) is 2. The van der Waals surface area contributed by atoms with Crippen molar-refractivity contribution in [3.05, 3.63) is 53.9 Å². The molecule has 12 heteroatoms. The number of fused-ring (bicyclic) bond motifs is 1. The number of nitrogens with one attached hydrogen (secondary N) is 1. The highest BCUT2D eigenvalue weighted by Gasteiger charge is 2.38. The molecular weight excluding hydrogens is 611 g/mol. The molecule has 0 aliphatic carbocycles. The molecule has 3 heterocycles. The van der Waals surface area contributed by atoms with Crippen molar-refractivity contribution in [3.8, 4) is 11.5 Å². The smallest absolute Gasteiger partial charge is 0.329 e. The topological polar surface area (TPSA) is 87.2 Å². The number of carbonyl (C=O) groups excluding carboxylic acids is 2. The van der Waals surface area contributed by atoms with E-state index >= 15 is 8.78 Å². The fraction of sp³-hybridized carbons (Fsp3) is 0.423. The first-order valence-electron chi connectivity index (χ1n) is 12.2. The van der Waals surface area contributed by atoms with Crippen molar-refractivity contribution < 1.29 is 27.8 Å². The van der Waals surface area contributed by atoms with Gasteiger partial charge in [-0.05, 0) is 44.0 Å². The molecule has 0 atom stereocenters. The monoisotopic (exact) mass is 641 g/mol. The van der Waals surface area contributed by atoms with Gasteiger partial charge < -0.3 is 14.8 Å². The number of rotatable bonds is 9. The van der Waals surface area contributed by atoms with Crippen molar-refractivity contribution in [2.24, 2.45) is 5.92 Å². The van der Waals surface area contributed by atoms with Gasteiger partial charge in [-0.1, -0.05) is 29.2 Å². The number of benzene rings is 1. The standard InChI is InChI=1S/C26H30F2IN5O4/c1-4-22(35)31-12-18-9-19-17(11-30-18)14-34(25-23(27)20(37-2)10-21(38-3)24(25)28)26(36)33(19)13-16-5-7-32(15-29)8-6-16/h4,9-11,16H,1,5-8,12-15H2,2-3H3,(H,31,35). The number of piperidine rings is 1. The van der Waals surface area contributed by atoms with Gasteiger partial charge in [0.1, 0.15) is 5.69 Å². The van der Waals surface area contributed by atoms with Crippen LogP contribution in [-0.2, 0) is 17.9 Å². The Morgan fingerprint density at radius 3 is 2.45 bits per heavy atom. The summed E-state index contributed by atoms with van der Waals surface area (Å²) >= 11 is 2.34. The second-order valence-electron chi connectivity index (χ2n) is 9.14. The van der Waals surface area contributed by atoms with Gasteiger partial charge >= 0.3 is 6.03 Å². The minimum absolute atomic E-state index is 0.103. The number of aromatic nitrogens is 1. The van der Waals surface area contributed by atoms with Crippen molar-refractivity contribution >= 4 is 45.9 Å². The summed E-state index contributed by atoms with van der Waals surface area (Å²) in [6, 6.07) is 2.29. The molecule has 0 radical (unpaired) electrons. The number of hydrogen-bond acceptors (Lipinski definition) is 6. The van der Waals surface area contributed by atoms with E-state index in [4.69, 9.17) is 9.47 Å². The van der Waals surface area contributed by atoms with Crippen LogP contribution in [0.3, 0.4) is 0 Å². The van der Waals surface area contributed by atoms with Crippen molar-refractivity contribution in [1.82, 2.24) is 15.2 Å². The number of amides is 3. The van der Waals surface area contributed by atoms with Gasteiger partial charge in [0.15, 0.2) is 23.1 Å². The molecule has 1 aromatic heterocycles. The summed E-state index contributed by atoms with van der Waals surface area (Å²) in [7, 11) is 2.52. The summed E-state index contributed by atoms with van der Waals surface area (Å²) in [5.74, 6) is -2.59. The molecule has 38 heavy (non-hydrogen) atoms. The second-order valence-corrected chi connectivity index (χ2v) is 9.83. The Labute approximate surface area is 233 Å². The van der Waals surface area contributed by atoms with E-state index in [2.05, 4.69) is 44.4 Å². The van der Waals surface area contributed by atoms with Crippen molar-refractivity contribution in [2.75, 3.05) is 48.2 Å². The SMILES string of the molecule is C=CC(=O)NCc1cc2c(cn1)CN(c1c(F)c(OC)cc(OC)c1F)C(=O)N2CC1CCN(CI)CC1. The van der Waals surface area contributed by atoms with Crippen molar-refractivity contribution in [1.29, 1.82) is 0 Å². The van der Waals surface area contributed by atoms with Crippen LogP contribution in [-0.4, -0.2) is 60.2 Å². The molecule has 1 fully saturated rings. The van der Waals surface area contributed by atoms with Gasteiger partial charge in [0, 0.05) is 24.4 Å². The lowest BCUT2D eigenvalue weighted by Crippen LogP contribution is -2.50. The molecule has 0 unspecified atom stereocenters. The minimum Gasteiger partial charge on any atom is -0.493 e. The van der Waals surface area contributed by atoms with E-state index < -0.39 is 23.4 Å². The van der Waals surface area contributed by atoms with Gasteiger partial charge in [-0.25, -0.2) is 13.6 Å². The molecule has 1 saturated heterocycles. The Balaban J connectivity index is 1.73. The number of carbonyl (C=O) groups is 2. The van der Waals surface area contributed by atoms with Crippen LogP contribution >= 0.6 is 22.6 Å². The number of alkyl halides is 1. The fourth-order valence-corrected chi connectivity index (χ4v) is 5.41. The molecule has 2 aliphatic rings. The van der Waals surface area contributed by atoms with E-state index in [9.17, 15) is 9.59 Å². The van der Waals surface area contributed by atoms with Gasteiger partial charge in [-0.2, -0.15) is 0 Å². The number of halogens is 3. The quantitative estimate of drug-likeness (QED) is 0.191. The van der Waals surface area contributed by atoms with E-state index in [1.165, 1.54) is 20.3 Å². The number of nitrogens with zero attached hydrogens (tertiary/aromatic N) is 4. The predicted molar refractivity (Wildman–Crippen MR) is 148 cm³/mol. The maximum Gasteiger partial charge on any atom is 0.329 e. The third kappa shape index (κ3) is 5.70. The van der Waals surface area contributed by atoms with Crippen LogP contribution in [0.5, 0.6) is 11.5 Å². The molecule has 3 amide bonds. The molecule has 2 aliphatic heterocycles. The molecule has 0 bridgehead atoms. The predicted octanol–water partition coefficient (Wildman–Crippen LogP) is 4.23. The molecule has 4 rings (SSSR count). The van der Waals surface area contributed by atoms with E-state index in [1.54, 1.807) is 17.2 Å². The van der Waals surface area contributed by atoms with Crippen LogP contribution in [0.1, 0.15) is 24.1 Å². The van der Waals surface area contributed by atoms with Crippen molar-refractivity contribution in [2.45, 2.75) is 25.9 Å². The molecule has 0 saturated carbocycles. The molecule has 2 aromatic rings. The fourth-order valence-electron chi connectivity index (χ4n) is 4.73. The molecule has 204 valence electrons. The molecule has 1 aromatic carbocycles. The Morgan fingerprint density at radius 2 is 1.87 bits per heavy atom. The minimum atomic E-state index is -0.991. The summed E-state index contributed by atoms with van der Waals surface area (Å²) < 4.78 is 42.0. The lowest BCUT2D eigenvalue weighted by Gasteiger charge is -2.40. The number of likely N-dealkylation sites (tertiary alicyclic amines) is 1. The first kappa shape index (κ1) is 28.0. The molecule has 0 spiro atoms. The second kappa shape index (κ2) is 12.2. The van der Waals surface area contributed by atoms with Gasteiger partial charge in [0.2, 0.25) is 5.91 Å². The normalized spacial score (nSPS) is 16.3. The summed E-state index contributed by atoms with van der Waals surface area (Å²) in [6.45, 7) is 5.70. The average Bonchev–Trinajstić information content (AvgIpc) is 2.94. The van der Waals surface area contributed by atoms with Gasteiger partial charge in [-0.3, -0.25) is 24.5 Å².